The van der Waals surface area contributed by atoms with E-state index in [4.69, 9.17) is 0 Å². The van der Waals surface area contributed by atoms with Crippen LogP contribution in [0.2, 0.25) is 0 Å². The maximum Gasteiger partial charge on any atom is 0.267 e. The highest BCUT2D eigenvalue weighted by Gasteiger charge is 2.21. The molecule has 2 N–H and O–H groups in total. The summed E-state index contributed by atoms with van der Waals surface area (Å²) in [7, 11) is 0. The number of hydrogen-bond donors (Lipinski definition) is 2. The van der Waals surface area contributed by atoms with Crippen LogP contribution in [0.5, 0.6) is 0 Å². The van der Waals surface area contributed by atoms with Crippen LogP contribution in [0, 0.1) is 0 Å². The van der Waals surface area contributed by atoms with Crippen LogP contribution in [0.15, 0.2) is 47.1 Å². The van der Waals surface area contributed by atoms with Crippen molar-refractivity contribution in [2.45, 2.75) is 19.3 Å². The molecule has 0 atom stereocenters. The van der Waals surface area contributed by atoms with E-state index in [0.29, 0.717) is 12.2 Å². The van der Waals surface area contributed by atoms with Crippen LogP contribution >= 0.6 is 15.9 Å². The number of nitrogens with one attached hydrogen (secondary N) is 2. The third kappa shape index (κ3) is 3.47. The average Bonchev–Trinajstić information content (AvgIpc) is 2.84. The summed E-state index contributed by atoms with van der Waals surface area (Å²) in [6, 6.07) is 12.0. The first-order chi connectivity index (χ1) is 8.99. The first-order valence-electron chi connectivity index (χ1n) is 6.17. The summed E-state index contributed by atoms with van der Waals surface area (Å²) in [5.41, 5.74) is 1.68. The molecular formula is C15H17BrN2O. The Balaban J connectivity index is 2.00. The molecule has 1 aromatic carbocycles. The number of hydrogen-bond acceptors (Lipinski definition) is 1. The molecule has 100 valence electrons. The van der Waals surface area contributed by atoms with Gasteiger partial charge in [0.2, 0.25) is 0 Å². The molecule has 0 spiro atoms. The topological polar surface area (TPSA) is 44.9 Å². The van der Waals surface area contributed by atoms with Crippen molar-refractivity contribution >= 4 is 21.8 Å². The van der Waals surface area contributed by atoms with Crippen LogP contribution in [0.4, 0.5) is 0 Å². The Morgan fingerprint density at radius 3 is 2.58 bits per heavy atom. The third-order valence-electron chi connectivity index (χ3n) is 3.14. The number of carbonyl (C=O) groups excluding carboxylic acids is 1. The van der Waals surface area contributed by atoms with Gasteiger partial charge in [-0.15, -0.1) is 0 Å². The number of rotatable bonds is 4. The second-order valence-corrected chi connectivity index (χ2v) is 6.08. The minimum Gasteiger partial charge on any atom is -0.356 e. The van der Waals surface area contributed by atoms with Crippen LogP contribution in [0.25, 0.3) is 0 Å². The molecule has 0 saturated carbocycles. The largest absolute Gasteiger partial charge is 0.356 e. The Bertz CT molecular complexity index is 561. The highest BCUT2D eigenvalue weighted by Crippen LogP contribution is 2.21. The van der Waals surface area contributed by atoms with Gasteiger partial charge in [0.1, 0.15) is 5.69 Å². The lowest BCUT2D eigenvalue weighted by Gasteiger charge is -2.25. The van der Waals surface area contributed by atoms with Crippen molar-refractivity contribution in [1.82, 2.24) is 10.3 Å². The van der Waals surface area contributed by atoms with E-state index in [1.54, 1.807) is 12.3 Å². The molecule has 1 aromatic heterocycles. The van der Waals surface area contributed by atoms with Gasteiger partial charge in [0.25, 0.3) is 5.91 Å². The first-order valence-corrected chi connectivity index (χ1v) is 6.96. The predicted molar refractivity (Wildman–Crippen MR) is 80.3 cm³/mol. The Labute approximate surface area is 121 Å². The molecule has 0 unspecified atom stereocenters. The maximum absolute atomic E-state index is 12.0. The van der Waals surface area contributed by atoms with Crippen molar-refractivity contribution in [3.63, 3.8) is 0 Å². The lowest BCUT2D eigenvalue weighted by Crippen LogP contribution is -2.36. The van der Waals surface area contributed by atoms with Gasteiger partial charge in [0.15, 0.2) is 0 Å². The first kappa shape index (κ1) is 13.9. The Morgan fingerprint density at radius 2 is 2.00 bits per heavy atom. The Hall–Kier alpha value is -1.55. The highest BCUT2D eigenvalue weighted by atomic mass is 79.9. The molecule has 19 heavy (non-hydrogen) atoms. The van der Waals surface area contributed by atoms with E-state index in [9.17, 15) is 4.79 Å². The molecule has 0 aliphatic heterocycles. The van der Waals surface area contributed by atoms with Crippen LogP contribution in [0.3, 0.4) is 0 Å². The van der Waals surface area contributed by atoms with Crippen molar-refractivity contribution in [3.05, 3.63) is 58.3 Å². The fraction of sp³-hybridized carbons (Fsp3) is 0.267. The molecule has 2 aromatic rings. The fourth-order valence-electron chi connectivity index (χ4n) is 1.89. The monoisotopic (exact) mass is 320 g/mol. The third-order valence-corrected chi connectivity index (χ3v) is 3.60. The summed E-state index contributed by atoms with van der Waals surface area (Å²) in [6.07, 6.45) is 1.75. The molecule has 0 saturated heterocycles. The van der Waals surface area contributed by atoms with E-state index in [2.05, 4.69) is 52.2 Å². The summed E-state index contributed by atoms with van der Waals surface area (Å²) in [4.78, 5) is 14.9. The molecule has 0 aliphatic carbocycles. The van der Waals surface area contributed by atoms with Crippen LogP contribution in [-0.2, 0) is 5.41 Å². The fourth-order valence-corrected chi connectivity index (χ4v) is 2.23. The van der Waals surface area contributed by atoms with Gasteiger partial charge in [0, 0.05) is 22.6 Å². The van der Waals surface area contributed by atoms with E-state index in [-0.39, 0.29) is 11.3 Å². The molecule has 0 fully saturated rings. The minimum atomic E-state index is -0.0965. The van der Waals surface area contributed by atoms with Crippen molar-refractivity contribution in [3.8, 4) is 0 Å². The van der Waals surface area contributed by atoms with E-state index >= 15 is 0 Å². The number of amides is 1. The lowest BCUT2D eigenvalue weighted by molar-refractivity contribution is 0.0941. The second kappa shape index (κ2) is 5.61. The number of halogens is 1. The maximum atomic E-state index is 12.0. The molecule has 4 heteroatoms. The van der Waals surface area contributed by atoms with Gasteiger partial charge < -0.3 is 10.3 Å². The number of aromatic amines is 1. The summed E-state index contributed by atoms with van der Waals surface area (Å²) < 4.78 is 0.875. The molecule has 1 amide bonds. The SMILES string of the molecule is CC(C)(CNC(=O)c1cc(Br)c[nH]1)c1ccccc1. The summed E-state index contributed by atoms with van der Waals surface area (Å²) in [5, 5.41) is 2.96. The predicted octanol–water partition coefficient (Wildman–Crippen LogP) is 3.48. The van der Waals surface area contributed by atoms with E-state index in [1.165, 1.54) is 5.56 Å². The smallest absolute Gasteiger partial charge is 0.267 e. The molecule has 0 bridgehead atoms. The van der Waals surface area contributed by atoms with Gasteiger partial charge in [-0.25, -0.2) is 0 Å². The normalized spacial score (nSPS) is 11.3. The number of aromatic nitrogens is 1. The zero-order valence-corrected chi connectivity index (χ0v) is 12.6. The van der Waals surface area contributed by atoms with Crippen molar-refractivity contribution in [1.29, 1.82) is 0 Å². The standard InChI is InChI=1S/C15H17BrN2O/c1-15(2,11-6-4-3-5-7-11)10-18-14(19)13-8-12(16)9-17-13/h3-9,17H,10H2,1-2H3,(H,18,19). The second-order valence-electron chi connectivity index (χ2n) is 5.16. The van der Waals surface area contributed by atoms with E-state index in [0.717, 1.165) is 4.47 Å². The van der Waals surface area contributed by atoms with Gasteiger partial charge in [-0.2, -0.15) is 0 Å². The molecule has 0 radical (unpaired) electrons. The summed E-state index contributed by atoms with van der Waals surface area (Å²) in [5.74, 6) is -0.0882. The lowest BCUT2D eigenvalue weighted by atomic mass is 9.84. The average molecular weight is 321 g/mol. The minimum absolute atomic E-state index is 0.0882. The molecule has 0 aliphatic rings. The van der Waals surface area contributed by atoms with Crippen LogP contribution in [-0.4, -0.2) is 17.4 Å². The summed E-state index contributed by atoms with van der Waals surface area (Å²) >= 11 is 3.32. The van der Waals surface area contributed by atoms with Gasteiger partial charge in [-0.3, -0.25) is 4.79 Å². The zero-order valence-electron chi connectivity index (χ0n) is 11.0. The number of benzene rings is 1. The van der Waals surface area contributed by atoms with Crippen molar-refractivity contribution < 1.29 is 4.79 Å². The molecule has 1 heterocycles. The molecule has 3 nitrogen and oxygen atoms in total. The zero-order chi connectivity index (χ0) is 13.9. The number of carbonyl (C=O) groups is 1. The summed E-state index contributed by atoms with van der Waals surface area (Å²) in [6.45, 7) is 4.83. The van der Waals surface area contributed by atoms with Gasteiger partial charge >= 0.3 is 0 Å². The van der Waals surface area contributed by atoms with Gasteiger partial charge in [-0.05, 0) is 27.6 Å². The van der Waals surface area contributed by atoms with E-state index in [1.807, 2.05) is 18.2 Å². The van der Waals surface area contributed by atoms with Gasteiger partial charge in [-0.1, -0.05) is 44.2 Å². The van der Waals surface area contributed by atoms with E-state index < -0.39 is 0 Å². The van der Waals surface area contributed by atoms with Crippen LogP contribution < -0.4 is 5.32 Å². The Kier molecular flexibility index (Phi) is 4.10. The number of H-pyrrole nitrogens is 1. The Morgan fingerprint density at radius 1 is 1.32 bits per heavy atom. The van der Waals surface area contributed by atoms with Gasteiger partial charge in [0.05, 0.1) is 0 Å². The molecular weight excluding hydrogens is 304 g/mol. The van der Waals surface area contributed by atoms with Crippen molar-refractivity contribution in [2.24, 2.45) is 0 Å². The van der Waals surface area contributed by atoms with Crippen molar-refractivity contribution in [2.75, 3.05) is 6.54 Å². The molecule has 2 rings (SSSR count). The highest BCUT2D eigenvalue weighted by molar-refractivity contribution is 9.10. The quantitative estimate of drug-likeness (QED) is 0.890. The van der Waals surface area contributed by atoms with Crippen LogP contribution in [0.1, 0.15) is 29.9 Å².